The summed E-state index contributed by atoms with van der Waals surface area (Å²) in [7, 11) is 0. The summed E-state index contributed by atoms with van der Waals surface area (Å²) in [5, 5.41) is 0. The molecule has 0 aromatic rings. The highest BCUT2D eigenvalue weighted by Gasteiger charge is 2.33. The third-order valence-corrected chi connectivity index (χ3v) is 5.00. The lowest BCUT2D eigenvalue weighted by atomic mass is 9.87. The average molecular weight is 316 g/mol. The molecule has 1 aliphatic carbocycles. The summed E-state index contributed by atoms with van der Waals surface area (Å²) in [6.07, 6.45) is 14.4. The molecule has 0 bridgehead atoms. The molecule has 0 aromatic carbocycles. The second kappa shape index (κ2) is 8.76. The van der Waals surface area contributed by atoms with Gasteiger partial charge in [-0.25, -0.2) is 0 Å². The van der Waals surface area contributed by atoms with E-state index in [1.54, 1.807) is 11.0 Å². The monoisotopic (exact) mass is 316 g/mol. The molecule has 1 heterocycles. The number of carbonyl (C=O) groups excluding carboxylic acids is 2. The van der Waals surface area contributed by atoms with Gasteiger partial charge in [0.1, 0.15) is 0 Å². The largest absolute Gasteiger partial charge is 0.342 e. The minimum atomic E-state index is -0.121. The molecular weight excluding hydrogens is 288 g/mol. The fourth-order valence-corrected chi connectivity index (χ4v) is 3.73. The Balaban J connectivity index is 1.95. The minimum absolute atomic E-state index is 0.0593. The van der Waals surface area contributed by atoms with Crippen LogP contribution in [0.1, 0.15) is 44.9 Å². The number of amides is 2. The average Bonchev–Trinajstić information content (AvgIpc) is 2.57. The fraction of sp³-hybridized carbons (Fsp3) is 0.684. The summed E-state index contributed by atoms with van der Waals surface area (Å²) in [4.78, 5) is 28.5. The third kappa shape index (κ3) is 4.86. The smallest absolute Gasteiger partial charge is 0.228 e. The van der Waals surface area contributed by atoms with Gasteiger partial charge in [-0.05, 0) is 25.2 Å². The van der Waals surface area contributed by atoms with Crippen LogP contribution >= 0.6 is 0 Å². The first kappa shape index (κ1) is 17.6. The highest BCUT2D eigenvalue weighted by Crippen LogP contribution is 2.27. The lowest BCUT2D eigenvalue weighted by Gasteiger charge is -2.36. The maximum absolute atomic E-state index is 12.7. The van der Waals surface area contributed by atoms with Crippen LogP contribution in [-0.4, -0.2) is 47.8 Å². The molecule has 0 spiro atoms. The van der Waals surface area contributed by atoms with Gasteiger partial charge in [0.2, 0.25) is 11.8 Å². The molecule has 1 saturated heterocycles. The van der Waals surface area contributed by atoms with Crippen LogP contribution in [0.4, 0.5) is 0 Å². The van der Waals surface area contributed by atoms with E-state index in [-0.39, 0.29) is 17.7 Å². The normalized spacial score (nSPS) is 22.5. The number of nitrogens with zero attached hydrogens (tertiary/aromatic N) is 2. The zero-order valence-electron chi connectivity index (χ0n) is 14.0. The molecule has 1 unspecified atom stereocenters. The number of likely N-dealkylation sites (tertiary alicyclic amines) is 1. The fourth-order valence-electron chi connectivity index (χ4n) is 3.73. The van der Waals surface area contributed by atoms with Crippen LogP contribution in [0.15, 0.2) is 12.7 Å². The van der Waals surface area contributed by atoms with Crippen molar-refractivity contribution in [3.8, 4) is 12.3 Å². The molecule has 2 rings (SSSR count). The zero-order chi connectivity index (χ0) is 16.7. The molecule has 1 atom stereocenters. The van der Waals surface area contributed by atoms with Gasteiger partial charge >= 0.3 is 0 Å². The summed E-state index contributed by atoms with van der Waals surface area (Å²) in [5.41, 5.74) is 0. The Bertz CT molecular complexity index is 474. The van der Waals surface area contributed by atoms with Crippen LogP contribution in [0, 0.1) is 24.2 Å². The molecule has 0 radical (unpaired) electrons. The van der Waals surface area contributed by atoms with Crippen LogP contribution in [0.25, 0.3) is 0 Å². The summed E-state index contributed by atoms with van der Waals surface area (Å²) in [5.74, 6) is 3.28. The first-order valence-electron chi connectivity index (χ1n) is 8.76. The Morgan fingerprint density at radius 1 is 1.35 bits per heavy atom. The first-order chi connectivity index (χ1) is 11.2. The van der Waals surface area contributed by atoms with Gasteiger partial charge in [-0.2, -0.15) is 0 Å². The van der Waals surface area contributed by atoms with Crippen LogP contribution in [-0.2, 0) is 9.59 Å². The van der Waals surface area contributed by atoms with Gasteiger partial charge in [0, 0.05) is 26.1 Å². The van der Waals surface area contributed by atoms with Crippen LogP contribution in [0.2, 0.25) is 0 Å². The van der Waals surface area contributed by atoms with E-state index in [1.807, 2.05) is 4.90 Å². The molecule has 2 amide bonds. The van der Waals surface area contributed by atoms with Crippen molar-refractivity contribution in [3.05, 3.63) is 12.7 Å². The Labute approximate surface area is 139 Å². The number of terminal acetylenes is 1. The van der Waals surface area contributed by atoms with Gasteiger partial charge in [0.05, 0.1) is 12.5 Å². The van der Waals surface area contributed by atoms with Crippen molar-refractivity contribution in [2.75, 3.05) is 26.2 Å². The highest BCUT2D eigenvalue weighted by atomic mass is 16.2. The van der Waals surface area contributed by atoms with Crippen LogP contribution < -0.4 is 0 Å². The Hall–Kier alpha value is -1.76. The highest BCUT2D eigenvalue weighted by molar-refractivity contribution is 5.84. The van der Waals surface area contributed by atoms with E-state index in [2.05, 4.69) is 12.5 Å². The predicted molar refractivity (Wildman–Crippen MR) is 91.5 cm³/mol. The standard InChI is InChI=1S/C19H28N2O2/c1-3-12-20(13-4-2)19(23)17-10-11-18(22)21(15-17)14-16-8-6-5-7-9-16/h1,4,16-17H,2,5-15H2. The van der Waals surface area contributed by atoms with Crippen LogP contribution in [0.3, 0.4) is 0 Å². The second-order valence-corrected chi connectivity index (χ2v) is 6.75. The number of carbonyl (C=O) groups is 2. The number of rotatable bonds is 6. The number of hydrogen-bond acceptors (Lipinski definition) is 2. The molecule has 0 aromatic heterocycles. The summed E-state index contributed by atoms with van der Waals surface area (Å²) in [6.45, 7) is 5.83. The molecular formula is C19H28N2O2. The SMILES string of the molecule is C#CCN(CC=C)C(=O)C1CCC(=O)N(CC2CCCCC2)C1. The number of piperidine rings is 1. The predicted octanol–water partition coefficient (Wildman–Crippen LogP) is 2.45. The van der Waals surface area contributed by atoms with Gasteiger partial charge in [-0.1, -0.05) is 31.3 Å². The number of hydrogen-bond donors (Lipinski definition) is 0. The van der Waals surface area contributed by atoms with E-state index in [0.29, 0.717) is 38.4 Å². The summed E-state index contributed by atoms with van der Waals surface area (Å²) >= 11 is 0. The lowest BCUT2D eigenvalue weighted by Crippen LogP contribution is -2.48. The molecule has 2 fully saturated rings. The van der Waals surface area contributed by atoms with Gasteiger partial charge < -0.3 is 9.80 Å². The van der Waals surface area contributed by atoms with Crippen molar-refractivity contribution in [2.24, 2.45) is 11.8 Å². The van der Waals surface area contributed by atoms with Gasteiger partial charge in [-0.15, -0.1) is 13.0 Å². The van der Waals surface area contributed by atoms with E-state index in [1.165, 1.54) is 32.1 Å². The minimum Gasteiger partial charge on any atom is -0.342 e. The summed E-state index contributed by atoms with van der Waals surface area (Å²) < 4.78 is 0. The molecule has 2 aliphatic rings. The van der Waals surface area contributed by atoms with Gasteiger partial charge in [-0.3, -0.25) is 9.59 Å². The van der Waals surface area contributed by atoms with Gasteiger partial charge in [0.25, 0.3) is 0 Å². The molecule has 1 saturated carbocycles. The summed E-state index contributed by atoms with van der Waals surface area (Å²) in [6, 6.07) is 0. The van der Waals surface area contributed by atoms with E-state index in [9.17, 15) is 9.59 Å². The van der Waals surface area contributed by atoms with Crippen molar-refractivity contribution in [1.82, 2.24) is 9.80 Å². The quantitative estimate of drug-likeness (QED) is 0.558. The van der Waals surface area contributed by atoms with E-state index < -0.39 is 0 Å². The molecule has 126 valence electrons. The van der Waals surface area contributed by atoms with Crippen molar-refractivity contribution in [2.45, 2.75) is 44.9 Å². The van der Waals surface area contributed by atoms with Crippen LogP contribution in [0.5, 0.6) is 0 Å². The maximum Gasteiger partial charge on any atom is 0.228 e. The Kier molecular flexibility index (Phi) is 6.70. The molecule has 0 N–H and O–H groups in total. The molecule has 1 aliphatic heterocycles. The zero-order valence-corrected chi connectivity index (χ0v) is 14.0. The van der Waals surface area contributed by atoms with E-state index in [0.717, 1.165) is 6.54 Å². The topological polar surface area (TPSA) is 40.6 Å². The van der Waals surface area contributed by atoms with Gasteiger partial charge in [0.15, 0.2) is 0 Å². The van der Waals surface area contributed by atoms with Crippen molar-refractivity contribution >= 4 is 11.8 Å². The third-order valence-electron chi connectivity index (χ3n) is 5.00. The van der Waals surface area contributed by atoms with Crippen molar-refractivity contribution in [3.63, 3.8) is 0 Å². The van der Waals surface area contributed by atoms with Crippen molar-refractivity contribution < 1.29 is 9.59 Å². The molecule has 4 nitrogen and oxygen atoms in total. The van der Waals surface area contributed by atoms with Crippen molar-refractivity contribution in [1.29, 1.82) is 0 Å². The van der Waals surface area contributed by atoms with E-state index >= 15 is 0 Å². The molecule has 23 heavy (non-hydrogen) atoms. The van der Waals surface area contributed by atoms with E-state index in [4.69, 9.17) is 6.42 Å². The Morgan fingerprint density at radius 3 is 2.74 bits per heavy atom. The lowest BCUT2D eigenvalue weighted by molar-refractivity contribution is -0.143. The Morgan fingerprint density at radius 2 is 2.09 bits per heavy atom. The second-order valence-electron chi connectivity index (χ2n) is 6.75. The maximum atomic E-state index is 12.7. The first-order valence-corrected chi connectivity index (χ1v) is 8.76. The molecule has 4 heteroatoms.